The van der Waals surface area contributed by atoms with Crippen LogP contribution in [0.25, 0.3) is 0 Å². The van der Waals surface area contributed by atoms with Crippen LogP contribution in [-0.2, 0) is 7.05 Å². The highest BCUT2D eigenvalue weighted by molar-refractivity contribution is 6.07. The summed E-state index contributed by atoms with van der Waals surface area (Å²) in [6, 6.07) is 15.3. The molecule has 1 aromatic heterocycles. The molecule has 0 bridgehead atoms. The Morgan fingerprint density at radius 1 is 1.00 bits per heavy atom. The second kappa shape index (κ2) is 7.31. The third-order valence-corrected chi connectivity index (χ3v) is 4.13. The number of anilines is 4. The van der Waals surface area contributed by atoms with Gasteiger partial charge in [-0.25, -0.2) is 0 Å². The summed E-state index contributed by atoms with van der Waals surface area (Å²) in [5.41, 5.74) is 4.21. The molecule has 1 amide bonds. The van der Waals surface area contributed by atoms with Gasteiger partial charge in [0.05, 0.1) is 23.3 Å². The third-order valence-electron chi connectivity index (χ3n) is 4.13. The molecule has 0 aliphatic heterocycles. The van der Waals surface area contributed by atoms with Gasteiger partial charge in [-0.05, 0) is 30.3 Å². The Morgan fingerprint density at radius 3 is 2.38 bits per heavy atom. The molecule has 0 saturated carbocycles. The number of carbonyl (C=O) groups excluding carboxylic acids is 1. The number of aromatic nitrogens is 2. The molecule has 26 heavy (non-hydrogen) atoms. The van der Waals surface area contributed by atoms with Crippen LogP contribution in [0.3, 0.4) is 0 Å². The van der Waals surface area contributed by atoms with Crippen molar-refractivity contribution in [3.63, 3.8) is 0 Å². The average Bonchev–Trinajstić information content (AvgIpc) is 3.05. The van der Waals surface area contributed by atoms with E-state index in [9.17, 15) is 4.79 Å². The molecule has 0 fully saturated rings. The SMILES string of the molecule is CN(C)c1ccccc1N(C)C(=O)c1cccc(Nc2cnn(C)c2)c1. The molecule has 0 unspecified atom stereocenters. The third kappa shape index (κ3) is 3.69. The van der Waals surface area contributed by atoms with Crippen LogP contribution in [-0.4, -0.2) is 36.8 Å². The van der Waals surface area contributed by atoms with E-state index in [1.165, 1.54) is 0 Å². The van der Waals surface area contributed by atoms with Crippen molar-refractivity contribution >= 4 is 28.7 Å². The number of aryl methyl sites for hydroxylation is 1. The first-order valence-corrected chi connectivity index (χ1v) is 8.36. The van der Waals surface area contributed by atoms with E-state index >= 15 is 0 Å². The van der Waals surface area contributed by atoms with E-state index in [2.05, 4.69) is 10.4 Å². The number of rotatable bonds is 5. The Morgan fingerprint density at radius 2 is 1.73 bits per heavy atom. The molecular weight excluding hydrogens is 326 g/mol. The predicted molar refractivity (Wildman–Crippen MR) is 106 cm³/mol. The summed E-state index contributed by atoms with van der Waals surface area (Å²) in [4.78, 5) is 16.7. The predicted octanol–water partition coefficient (Wildman–Crippen LogP) is 3.51. The number of benzene rings is 2. The Labute approximate surface area is 153 Å². The molecule has 1 heterocycles. The van der Waals surface area contributed by atoms with Gasteiger partial charge in [-0.15, -0.1) is 0 Å². The molecule has 6 heteroatoms. The monoisotopic (exact) mass is 349 g/mol. The maximum Gasteiger partial charge on any atom is 0.258 e. The zero-order valence-corrected chi connectivity index (χ0v) is 15.5. The van der Waals surface area contributed by atoms with Gasteiger partial charge < -0.3 is 15.1 Å². The smallest absolute Gasteiger partial charge is 0.258 e. The lowest BCUT2D eigenvalue weighted by molar-refractivity contribution is 0.0993. The van der Waals surface area contributed by atoms with Crippen molar-refractivity contribution < 1.29 is 4.79 Å². The maximum atomic E-state index is 13.0. The second-order valence-electron chi connectivity index (χ2n) is 6.36. The van der Waals surface area contributed by atoms with Crippen LogP contribution in [0.2, 0.25) is 0 Å². The lowest BCUT2D eigenvalue weighted by Gasteiger charge is -2.24. The summed E-state index contributed by atoms with van der Waals surface area (Å²) in [7, 11) is 7.60. The highest BCUT2D eigenvalue weighted by Crippen LogP contribution is 2.28. The Kier molecular flexibility index (Phi) is 4.93. The zero-order chi connectivity index (χ0) is 18.7. The number of hydrogen-bond acceptors (Lipinski definition) is 4. The lowest BCUT2D eigenvalue weighted by atomic mass is 10.1. The highest BCUT2D eigenvalue weighted by atomic mass is 16.2. The lowest BCUT2D eigenvalue weighted by Crippen LogP contribution is -2.28. The van der Waals surface area contributed by atoms with E-state index in [0.717, 1.165) is 22.7 Å². The molecule has 3 aromatic rings. The minimum Gasteiger partial charge on any atom is -0.376 e. The topological polar surface area (TPSA) is 53.4 Å². The van der Waals surface area contributed by atoms with Gasteiger partial charge in [0.1, 0.15) is 0 Å². The Hall–Kier alpha value is -3.28. The molecule has 134 valence electrons. The van der Waals surface area contributed by atoms with Crippen molar-refractivity contribution in [1.82, 2.24) is 9.78 Å². The standard InChI is InChI=1S/C20H23N5O/c1-23(2)18-10-5-6-11-19(18)25(4)20(26)15-8-7-9-16(12-15)22-17-13-21-24(3)14-17/h5-14,22H,1-4H3. The summed E-state index contributed by atoms with van der Waals surface area (Å²) < 4.78 is 1.73. The van der Waals surface area contributed by atoms with E-state index in [1.807, 2.05) is 80.8 Å². The molecule has 0 saturated heterocycles. The van der Waals surface area contributed by atoms with Crippen molar-refractivity contribution in [2.24, 2.45) is 7.05 Å². The normalized spacial score (nSPS) is 10.5. The summed E-state index contributed by atoms with van der Waals surface area (Å²) in [5.74, 6) is -0.0610. The number of hydrogen-bond donors (Lipinski definition) is 1. The highest BCUT2D eigenvalue weighted by Gasteiger charge is 2.17. The van der Waals surface area contributed by atoms with Gasteiger partial charge in [0.15, 0.2) is 0 Å². The molecular formula is C20H23N5O. The molecule has 0 spiro atoms. The quantitative estimate of drug-likeness (QED) is 0.766. The first-order valence-electron chi connectivity index (χ1n) is 8.36. The van der Waals surface area contributed by atoms with Gasteiger partial charge >= 0.3 is 0 Å². The number of nitrogens with zero attached hydrogens (tertiary/aromatic N) is 4. The van der Waals surface area contributed by atoms with Crippen LogP contribution in [0.15, 0.2) is 60.9 Å². The van der Waals surface area contributed by atoms with Gasteiger partial charge in [-0.1, -0.05) is 18.2 Å². The molecule has 3 rings (SSSR count). The van der Waals surface area contributed by atoms with Gasteiger partial charge in [0.25, 0.3) is 5.91 Å². The van der Waals surface area contributed by atoms with Gasteiger partial charge in [0, 0.05) is 45.6 Å². The van der Waals surface area contributed by atoms with E-state index in [1.54, 1.807) is 22.8 Å². The van der Waals surface area contributed by atoms with E-state index in [-0.39, 0.29) is 5.91 Å². The average molecular weight is 349 g/mol. The van der Waals surface area contributed by atoms with Crippen LogP contribution in [0.1, 0.15) is 10.4 Å². The van der Waals surface area contributed by atoms with Crippen LogP contribution < -0.4 is 15.1 Å². The largest absolute Gasteiger partial charge is 0.376 e. The number of para-hydroxylation sites is 2. The molecule has 0 aliphatic rings. The minimum absolute atomic E-state index is 0.0610. The van der Waals surface area contributed by atoms with Crippen LogP contribution in [0.5, 0.6) is 0 Å². The van der Waals surface area contributed by atoms with Crippen molar-refractivity contribution in [2.45, 2.75) is 0 Å². The van der Waals surface area contributed by atoms with E-state index in [4.69, 9.17) is 0 Å². The Balaban J connectivity index is 1.85. The van der Waals surface area contributed by atoms with Crippen molar-refractivity contribution in [1.29, 1.82) is 0 Å². The van der Waals surface area contributed by atoms with E-state index < -0.39 is 0 Å². The minimum atomic E-state index is -0.0610. The van der Waals surface area contributed by atoms with Crippen molar-refractivity contribution in [2.75, 3.05) is 36.3 Å². The first-order chi connectivity index (χ1) is 12.5. The van der Waals surface area contributed by atoms with Crippen LogP contribution in [0.4, 0.5) is 22.7 Å². The van der Waals surface area contributed by atoms with Gasteiger partial charge in [-0.2, -0.15) is 5.10 Å². The summed E-state index contributed by atoms with van der Waals surface area (Å²) in [6.07, 6.45) is 3.63. The number of amides is 1. The molecule has 2 aromatic carbocycles. The fraction of sp³-hybridized carbons (Fsp3) is 0.200. The first kappa shape index (κ1) is 17.5. The fourth-order valence-electron chi connectivity index (χ4n) is 2.81. The Bertz CT molecular complexity index is 916. The van der Waals surface area contributed by atoms with Crippen LogP contribution >= 0.6 is 0 Å². The fourth-order valence-corrected chi connectivity index (χ4v) is 2.81. The molecule has 0 aliphatic carbocycles. The second-order valence-corrected chi connectivity index (χ2v) is 6.36. The number of nitrogens with one attached hydrogen (secondary N) is 1. The summed E-state index contributed by atoms with van der Waals surface area (Å²) in [6.45, 7) is 0. The number of carbonyl (C=O) groups is 1. The van der Waals surface area contributed by atoms with Crippen LogP contribution in [0, 0.1) is 0 Å². The van der Waals surface area contributed by atoms with Crippen molar-refractivity contribution in [3.05, 3.63) is 66.5 Å². The van der Waals surface area contributed by atoms with Gasteiger partial charge in [-0.3, -0.25) is 9.48 Å². The molecule has 0 radical (unpaired) electrons. The molecule has 0 atom stereocenters. The summed E-state index contributed by atoms with van der Waals surface area (Å²) >= 11 is 0. The van der Waals surface area contributed by atoms with Crippen molar-refractivity contribution in [3.8, 4) is 0 Å². The zero-order valence-electron chi connectivity index (χ0n) is 15.5. The van der Waals surface area contributed by atoms with E-state index in [0.29, 0.717) is 5.56 Å². The molecule has 6 nitrogen and oxygen atoms in total. The summed E-state index contributed by atoms with van der Waals surface area (Å²) in [5, 5.41) is 7.40. The maximum absolute atomic E-state index is 13.0. The van der Waals surface area contributed by atoms with Gasteiger partial charge in [0.2, 0.25) is 0 Å². The molecule has 1 N–H and O–H groups in total.